The van der Waals surface area contributed by atoms with Gasteiger partial charge in [0.15, 0.2) is 5.96 Å². The molecule has 8 heteroatoms. The minimum Gasteiger partial charge on any atom is -0.357 e. The van der Waals surface area contributed by atoms with Gasteiger partial charge in [-0.15, -0.1) is 24.0 Å². The number of imidazole rings is 1. The summed E-state index contributed by atoms with van der Waals surface area (Å²) in [5, 5.41) is 3.45. The van der Waals surface area contributed by atoms with Crippen molar-refractivity contribution in [3.8, 4) is 11.3 Å². The molecule has 1 aliphatic rings. The van der Waals surface area contributed by atoms with Crippen LogP contribution in [0.4, 0.5) is 5.82 Å². The minimum absolute atomic E-state index is 0. The average Bonchev–Trinajstić information content (AvgIpc) is 3.48. The Bertz CT molecular complexity index is 980. The van der Waals surface area contributed by atoms with Gasteiger partial charge in [-0.3, -0.25) is 4.99 Å². The largest absolute Gasteiger partial charge is 0.357 e. The number of nitrogens with one attached hydrogen (secondary N) is 2. The van der Waals surface area contributed by atoms with Crippen LogP contribution in [-0.2, 0) is 13.1 Å². The lowest BCUT2D eigenvalue weighted by molar-refractivity contribution is 0.464. The number of nitrogens with zero attached hydrogens (tertiary/aromatic N) is 5. The normalized spacial score (nSPS) is 13.7. The molecule has 1 aromatic carbocycles. The van der Waals surface area contributed by atoms with Crippen LogP contribution in [0.3, 0.4) is 0 Å². The Morgan fingerprint density at radius 2 is 1.94 bits per heavy atom. The summed E-state index contributed by atoms with van der Waals surface area (Å²) in [5.74, 6) is 2.80. The predicted molar refractivity (Wildman–Crippen MR) is 137 cm³/mol. The van der Waals surface area contributed by atoms with E-state index in [0.29, 0.717) is 13.1 Å². The zero-order chi connectivity index (χ0) is 20.8. The van der Waals surface area contributed by atoms with Crippen LogP contribution < -0.4 is 10.2 Å². The molecular formula is C23H30IN7. The molecule has 0 atom stereocenters. The number of rotatable bonds is 6. The molecule has 0 amide bonds. The van der Waals surface area contributed by atoms with Crippen molar-refractivity contribution >= 4 is 35.8 Å². The quantitative estimate of drug-likeness (QED) is 0.287. The third-order valence-electron chi connectivity index (χ3n) is 5.36. The number of aromatic amines is 1. The van der Waals surface area contributed by atoms with Crippen molar-refractivity contribution in [3.63, 3.8) is 0 Å². The Morgan fingerprint density at radius 1 is 1.16 bits per heavy atom. The van der Waals surface area contributed by atoms with E-state index in [1.807, 2.05) is 37.6 Å². The van der Waals surface area contributed by atoms with E-state index < -0.39 is 0 Å². The van der Waals surface area contributed by atoms with Crippen LogP contribution in [0.1, 0.15) is 24.2 Å². The number of halogens is 1. The van der Waals surface area contributed by atoms with Crippen molar-refractivity contribution in [1.29, 1.82) is 0 Å². The summed E-state index contributed by atoms with van der Waals surface area (Å²) in [6, 6.07) is 14.5. The molecule has 1 saturated heterocycles. The molecule has 2 N–H and O–H groups in total. The Kier molecular flexibility index (Phi) is 8.27. The van der Waals surface area contributed by atoms with Crippen LogP contribution in [0.25, 0.3) is 11.3 Å². The van der Waals surface area contributed by atoms with Gasteiger partial charge >= 0.3 is 0 Å². The van der Waals surface area contributed by atoms with Crippen molar-refractivity contribution in [2.45, 2.75) is 25.9 Å². The maximum absolute atomic E-state index is 4.53. The summed E-state index contributed by atoms with van der Waals surface area (Å²) in [6.45, 7) is 3.54. The third kappa shape index (κ3) is 5.96. The van der Waals surface area contributed by atoms with Crippen LogP contribution in [0.15, 0.2) is 59.9 Å². The summed E-state index contributed by atoms with van der Waals surface area (Å²) < 4.78 is 0. The Labute approximate surface area is 201 Å². The molecule has 2 aromatic heterocycles. The highest BCUT2D eigenvalue weighted by Gasteiger charge is 2.14. The van der Waals surface area contributed by atoms with Crippen LogP contribution in [-0.4, -0.2) is 53.0 Å². The third-order valence-corrected chi connectivity index (χ3v) is 5.36. The number of H-pyrrole nitrogens is 1. The van der Waals surface area contributed by atoms with Gasteiger partial charge in [0.1, 0.15) is 11.6 Å². The first-order valence-corrected chi connectivity index (χ1v) is 10.4. The van der Waals surface area contributed by atoms with E-state index in [4.69, 9.17) is 0 Å². The lowest BCUT2D eigenvalue weighted by Crippen LogP contribution is -2.38. The molecule has 1 aliphatic heterocycles. The van der Waals surface area contributed by atoms with Gasteiger partial charge in [0.25, 0.3) is 0 Å². The van der Waals surface area contributed by atoms with Crippen molar-refractivity contribution in [1.82, 2.24) is 25.2 Å². The molecule has 0 saturated carbocycles. The number of hydrogen-bond acceptors (Lipinski definition) is 4. The average molecular weight is 531 g/mol. The first-order chi connectivity index (χ1) is 14.7. The summed E-state index contributed by atoms with van der Waals surface area (Å²) >= 11 is 0. The fourth-order valence-corrected chi connectivity index (χ4v) is 3.76. The lowest BCUT2D eigenvalue weighted by Gasteiger charge is -2.21. The summed E-state index contributed by atoms with van der Waals surface area (Å²) in [4.78, 5) is 21.3. The van der Waals surface area contributed by atoms with Crippen LogP contribution in [0.2, 0.25) is 0 Å². The number of hydrogen-bond donors (Lipinski definition) is 2. The second-order valence-corrected chi connectivity index (χ2v) is 7.58. The monoisotopic (exact) mass is 531 g/mol. The summed E-state index contributed by atoms with van der Waals surface area (Å²) in [6.07, 6.45) is 6.28. The van der Waals surface area contributed by atoms with Crippen molar-refractivity contribution < 1.29 is 0 Å². The van der Waals surface area contributed by atoms with E-state index in [0.717, 1.165) is 41.9 Å². The Hall–Kier alpha value is -2.62. The lowest BCUT2D eigenvalue weighted by atomic mass is 10.2. The predicted octanol–water partition coefficient (Wildman–Crippen LogP) is 3.90. The molecule has 0 unspecified atom stereocenters. The highest BCUT2D eigenvalue weighted by Crippen LogP contribution is 2.19. The maximum atomic E-state index is 4.53. The molecular weight excluding hydrogens is 501 g/mol. The van der Waals surface area contributed by atoms with Gasteiger partial charge < -0.3 is 20.1 Å². The molecule has 3 aromatic rings. The SMILES string of the molecule is CN=C(NCc1ccnc(N2CCCC2)c1)N(C)Cc1ncc(-c2ccccc2)[nH]1.I. The molecule has 0 radical (unpaired) electrons. The standard InChI is InChI=1S/C23H29N7.HI/c1-24-23(27-15-18-10-11-25-22(14-18)30-12-6-7-13-30)29(2)17-21-26-16-20(28-21)19-8-4-3-5-9-19;/h3-5,8-11,14,16H,6-7,12-13,15,17H2,1-2H3,(H,24,27)(H,26,28);1H. The van der Waals surface area contributed by atoms with E-state index in [9.17, 15) is 0 Å². The number of anilines is 1. The molecule has 0 spiro atoms. The van der Waals surface area contributed by atoms with Crippen molar-refractivity contribution in [2.24, 2.45) is 4.99 Å². The van der Waals surface area contributed by atoms with E-state index in [-0.39, 0.29) is 24.0 Å². The van der Waals surface area contributed by atoms with Crippen molar-refractivity contribution in [3.05, 3.63) is 66.2 Å². The van der Waals surface area contributed by atoms with Gasteiger partial charge in [-0.2, -0.15) is 0 Å². The number of guanidine groups is 1. The highest BCUT2D eigenvalue weighted by atomic mass is 127. The van der Waals surface area contributed by atoms with Crippen molar-refractivity contribution in [2.75, 3.05) is 32.1 Å². The fourth-order valence-electron chi connectivity index (χ4n) is 3.76. The zero-order valence-electron chi connectivity index (χ0n) is 18.1. The maximum Gasteiger partial charge on any atom is 0.194 e. The number of aliphatic imine (C=N–C) groups is 1. The number of pyridine rings is 1. The van der Waals surface area contributed by atoms with Gasteiger partial charge in [-0.25, -0.2) is 9.97 Å². The summed E-state index contributed by atoms with van der Waals surface area (Å²) in [5.41, 5.74) is 3.35. The molecule has 4 rings (SSSR count). The van der Waals surface area contributed by atoms with Crippen LogP contribution in [0.5, 0.6) is 0 Å². The molecule has 31 heavy (non-hydrogen) atoms. The molecule has 3 heterocycles. The zero-order valence-corrected chi connectivity index (χ0v) is 20.4. The van der Waals surface area contributed by atoms with E-state index in [2.05, 4.69) is 59.3 Å². The molecule has 1 fully saturated rings. The van der Waals surface area contributed by atoms with Gasteiger partial charge in [0, 0.05) is 39.9 Å². The van der Waals surface area contributed by atoms with Gasteiger partial charge in [0.05, 0.1) is 18.4 Å². The smallest absolute Gasteiger partial charge is 0.194 e. The van der Waals surface area contributed by atoms with E-state index in [1.165, 1.54) is 18.4 Å². The topological polar surface area (TPSA) is 72.4 Å². The Balaban J connectivity index is 0.00000272. The fraction of sp³-hybridized carbons (Fsp3) is 0.348. The Morgan fingerprint density at radius 3 is 2.68 bits per heavy atom. The molecule has 164 valence electrons. The number of benzene rings is 1. The first kappa shape index (κ1) is 23.1. The first-order valence-electron chi connectivity index (χ1n) is 10.4. The van der Waals surface area contributed by atoms with Gasteiger partial charge in [-0.05, 0) is 36.1 Å². The van der Waals surface area contributed by atoms with Crippen LogP contribution in [0, 0.1) is 0 Å². The molecule has 0 aliphatic carbocycles. The number of aromatic nitrogens is 3. The second-order valence-electron chi connectivity index (χ2n) is 7.58. The minimum atomic E-state index is 0. The molecule has 0 bridgehead atoms. The summed E-state index contributed by atoms with van der Waals surface area (Å²) in [7, 11) is 3.82. The highest BCUT2D eigenvalue weighted by molar-refractivity contribution is 14.0. The molecule has 7 nitrogen and oxygen atoms in total. The van der Waals surface area contributed by atoms with Gasteiger partial charge in [0.2, 0.25) is 0 Å². The van der Waals surface area contributed by atoms with E-state index >= 15 is 0 Å². The second kappa shape index (κ2) is 11.1. The van der Waals surface area contributed by atoms with Crippen LogP contribution >= 0.6 is 24.0 Å². The van der Waals surface area contributed by atoms with Gasteiger partial charge in [-0.1, -0.05) is 30.3 Å². The van der Waals surface area contributed by atoms with E-state index in [1.54, 1.807) is 7.05 Å².